The molecule has 0 aliphatic heterocycles. The molecule has 0 bridgehead atoms. The van der Waals surface area contributed by atoms with Crippen LogP contribution >= 0.6 is 23.1 Å². The molecule has 0 radical (unpaired) electrons. The lowest BCUT2D eigenvalue weighted by atomic mass is 10.2. The normalized spacial score (nSPS) is 12.3. The van der Waals surface area contributed by atoms with Gasteiger partial charge in [0.2, 0.25) is 5.91 Å². The summed E-state index contributed by atoms with van der Waals surface area (Å²) in [7, 11) is 0. The van der Waals surface area contributed by atoms with E-state index in [1.54, 1.807) is 29.8 Å². The number of carbonyl (C=O) groups excluding carboxylic acids is 1. The number of nitrogens with zero attached hydrogens (tertiary/aromatic N) is 2. The van der Waals surface area contributed by atoms with Crippen LogP contribution < -0.4 is 5.32 Å². The van der Waals surface area contributed by atoms with Gasteiger partial charge in [0.05, 0.1) is 5.25 Å². The van der Waals surface area contributed by atoms with Gasteiger partial charge in [-0.2, -0.15) is 0 Å². The zero-order valence-corrected chi connectivity index (χ0v) is 15.8. The van der Waals surface area contributed by atoms with Crippen LogP contribution in [0, 0.1) is 19.7 Å². The number of amides is 1. The molecule has 2 heterocycles. The van der Waals surface area contributed by atoms with Crippen LogP contribution in [0.25, 0.3) is 10.2 Å². The van der Waals surface area contributed by atoms with E-state index in [2.05, 4.69) is 29.1 Å². The third-order valence-electron chi connectivity index (χ3n) is 3.97. The first kappa shape index (κ1) is 17.8. The second-order valence-corrected chi connectivity index (χ2v) is 8.28. The van der Waals surface area contributed by atoms with Crippen LogP contribution in [0.5, 0.6) is 0 Å². The minimum atomic E-state index is -0.293. The summed E-state index contributed by atoms with van der Waals surface area (Å²) in [6, 6.07) is 6.11. The van der Waals surface area contributed by atoms with E-state index in [-0.39, 0.29) is 17.0 Å². The highest BCUT2D eigenvalue weighted by atomic mass is 32.2. The fourth-order valence-electron chi connectivity index (χ4n) is 2.40. The monoisotopic (exact) mass is 375 g/mol. The zero-order valence-electron chi connectivity index (χ0n) is 14.2. The molecule has 130 valence electrons. The number of aryl methyl sites for hydroxylation is 2. The molecule has 1 aromatic carbocycles. The van der Waals surface area contributed by atoms with E-state index >= 15 is 0 Å². The first-order valence-corrected chi connectivity index (χ1v) is 9.55. The molecule has 1 amide bonds. The van der Waals surface area contributed by atoms with Crippen molar-refractivity contribution in [3.05, 3.63) is 52.4 Å². The number of halogens is 1. The van der Waals surface area contributed by atoms with Crippen molar-refractivity contribution in [2.75, 3.05) is 0 Å². The lowest BCUT2D eigenvalue weighted by Gasteiger charge is -2.12. The third kappa shape index (κ3) is 3.99. The van der Waals surface area contributed by atoms with Gasteiger partial charge in [-0.1, -0.05) is 23.9 Å². The van der Waals surface area contributed by atoms with E-state index in [1.165, 1.54) is 34.3 Å². The molecule has 25 heavy (non-hydrogen) atoms. The van der Waals surface area contributed by atoms with Crippen molar-refractivity contribution in [2.24, 2.45) is 0 Å². The van der Waals surface area contributed by atoms with Crippen LogP contribution in [0.15, 0.2) is 35.6 Å². The first-order chi connectivity index (χ1) is 12.0. The third-order valence-corrected chi connectivity index (χ3v) is 6.18. The molecule has 0 aliphatic carbocycles. The summed E-state index contributed by atoms with van der Waals surface area (Å²) < 4.78 is 12.9. The highest BCUT2D eigenvalue weighted by Gasteiger charge is 2.19. The van der Waals surface area contributed by atoms with Crippen LogP contribution in [0.1, 0.15) is 22.9 Å². The van der Waals surface area contributed by atoms with Crippen LogP contribution in [0.4, 0.5) is 4.39 Å². The number of carbonyl (C=O) groups is 1. The maximum atomic E-state index is 12.9. The van der Waals surface area contributed by atoms with Gasteiger partial charge in [-0.3, -0.25) is 4.79 Å². The number of thioether (sulfide) groups is 1. The van der Waals surface area contributed by atoms with Crippen molar-refractivity contribution in [3.63, 3.8) is 0 Å². The van der Waals surface area contributed by atoms with Gasteiger partial charge in [0.1, 0.15) is 22.0 Å². The predicted molar refractivity (Wildman–Crippen MR) is 100 cm³/mol. The Morgan fingerprint density at radius 2 is 2.00 bits per heavy atom. The van der Waals surface area contributed by atoms with E-state index < -0.39 is 0 Å². The Morgan fingerprint density at radius 3 is 2.72 bits per heavy atom. The summed E-state index contributed by atoms with van der Waals surface area (Å²) in [5.74, 6) is -0.362. The number of nitrogens with one attached hydrogen (secondary N) is 1. The molecule has 0 fully saturated rings. The lowest BCUT2D eigenvalue weighted by Crippen LogP contribution is -2.30. The minimum absolute atomic E-state index is 0.0781. The molecule has 0 aliphatic rings. The van der Waals surface area contributed by atoms with Crippen molar-refractivity contribution in [3.8, 4) is 0 Å². The van der Waals surface area contributed by atoms with E-state index in [0.29, 0.717) is 6.54 Å². The van der Waals surface area contributed by atoms with Crippen LogP contribution in [0.2, 0.25) is 0 Å². The largest absolute Gasteiger partial charge is 0.351 e. The number of fused-ring (bicyclic) bond motifs is 1. The molecule has 3 rings (SSSR count). The second kappa shape index (κ2) is 7.49. The summed E-state index contributed by atoms with van der Waals surface area (Å²) in [5, 5.41) is 4.46. The highest BCUT2D eigenvalue weighted by Crippen LogP contribution is 2.35. The number of hydrogen-bond acceptors (Lipinski definition) is 5. The van der Waals surface area contributed by atoms with Crippen LogP contribution in [0.3, 0.4) is 0 Å². The van der Waals surface area contributed by atoms with Gasteiger partial charge in [0.15, 0.2) is 0 Å². The Labute approximate surface area is 153 Å². The van der Waals surface area contributed by atoms with Crippen LogP contribution in [-0.4, -0.2) is 21.1 Å². The van der Waals surface area contributed by atoms with Gasteiger partial charge in [-0.05, 0) is 44.0 Å². The quantitative estimate of drug-likeness (QED) is 0.535. The molecule has 3 aromatic rings. The first-order valence-electron chi connectivity index (χ1n) is 7.85. The Bertz CT molecular complexity index is 909. The molecule has 1 N–H and O–H groups in total. The van der Waals surface area contributed by atoms with Crippen molar-refractivity contribution in [1.82, 2.24) is 15.3 Å². The number of rotatable bonds is 5. The van der Waals surface area contributed by atoms with E-state index in [4.69, 9.17) is 0 Å². The average molecular weight is 375 g/mol. The summed E-state index contributed by atoms with van der Waals surface area (Å²) >= 11 is 3.07. The molecule has 0 saturated heterocycles. The van der Waals surface area contributed by atoms with Gasteiger partial charge >= 0.3 is 0 Å². The smallest absolute Gasteiger partial charge is 0.233 e. The van der Waals surface area contributed by atoms with Crippen LogP contribution in [-0.2, 0) is 11.3 Å². The Balaban J connectivity index is 1.68. The zero-order chi connectivity index (χ0) is 18.0. The molecule has 2 aromatic heterocycles. The van der Waals surface area contributed by atoms with E-state index in [9.17, 15) is 9.18 Å². The fourth-order valence-corrected chi connectivity index (χ4v) is 4.46. The number of hydrogen-bond donors (Lipinski definition) is 1. The average Bonchev–Trinajstić information content (AvgIpc) is 2.89. The number of aromatic nitrogens is 2. The van der Waals surface area contributed by atoms with Crippen molar-refractivity contribution in [2.45, 2.75) is 37.6 Å². The standard InChI is InChI=1S/C18H18FN3OS2/c1-10-11(2)24-17-15(10)18(22-9-21-17)25-12(3)16(23)20-8-13-4-6-14(19)7-5-13/h4-7,9,12H,8H2,1-3H3,(H,20,23). The maximum absolute atomic E-state index is 12.9. The van der Waals surface area contributed by atoms with Gasteiger partial charge < -0.3 is 5.32 Å². The van der Waals surface area contributed by atoms with Gasteiger partial charge in [0.25, 0.3) is 0 Å². The van der Waals surface area contributed by atoms with Gasteiger partial charge in [-0.25, -0.2) is 14.4 Å². The predicted octanol–water partition coefficient (Wildman–Crippen LogP) is 4.24. The van der Waals surface area contributed by atoms with Crippen molar-refractivity contribution in [1.29, 1.82) is 0 Å². The molecule has 4 nitrogen and oxygen atoms in total. The topological polar surface area (TPSA) is 54.9 Å². The van der Waals surface area contributed by atoms with Crippen molar-refractivity contribution < 1.29 is 9.18 Å². The molecule has 7 heteroatoms. The second-order valence-electron chi connectivity index (χ2n) is 5.75. The number of benzene rings is 1. The molecule has 0 spiro atoms. The minimum Gasteiger partial charge on any atom is -0.351 e. The fraction of sp³-hybridized carbons (Fsp3) is 0.278. The molecular formula is C18H18FN3OS2. The molecule has 1 atom stereocenters. The highest BCUT2D eigenvalue weighted by molar-refractivity contribution is 8.00. The Hall–Kier alpha value is -1.99. The lowest BCUT2D eigenvalue weighted by molar-refractivity contribution is -0.120. The Morgan fingerprint density at radius 1 is 1.28 bits per heavy atom. The molecular weight excluding hydrogens is 357 g/mol. The number of thiophene rings is 1. The van der Waals surface area contributed by atoms with Crippen molar-refractivity contribution >= 4 is 39.2 Å². The summed E-state index contributed by atoms with van der Waals surface area (Å²) in [4.78, 5) is 23.2. The molecule has 0 saturated carbocycles. The summed E-state index contributed by atoms with van der Waals surface area (Å²) in [5.41, 5.74) is 2.03. The molecule has 1 unspecified atom stereocenters. The maximum Gasteiger partial charge on any atom is 0.233 e. The summed E-state index contributed by atoms with van der Waals surface area (Å²) in [6.07, 6.45) is 1.54. The Kier molecular flexibility index (Phi) is 5.34. The van der Waals surface area contributed by atoms with E-state index in [0.717, 1.165) is 20.8 Å². The van der Waals surface area contributed by atoms with E-state index in [1.807, 2.05) is 6.92 Å². The SMILES string of the molecule is Cc1sc2ncnc(SC(C)C(=O)NCc3ccc(F)cc3)c2c1C. The summed E-state index contributed by atoms with van der Waals surface area (Å²) in [6.45, 7) is 6.35. The van der Waals surface area contributed by atoms with Gasteiger partial charge in [0, 0.05) is 16.8 Å². The van der Waals surface area contributed by atoms with Gasteiger partial charge in [-0.15, -0.1) is 11.3 Å².